The van der Waals surface area contributed by atoms with Crippen molar-refractivity contribution >= 4 is 40.2 Å². The molecule has 0 aliphatic heterocycles. The number of H-pyrrole nitrogens is 1. The van der Waals surface area contributed by atoms with Crippen molar-refractivity contribution in [3.63, 3.8) is 0 Å². The van der Waals surface area contributed by atoms with Gasteiger partial charge in [0.1, 0.15) is 23.2 Å². The van der Waals surface area contributed by atoms with Gasteiger partial charge < -0.3 is 24.9 Å². The molecule has 3 N–H and O–H groups in total. The number of pyridine rings is 1. The van der Waals surface area contributed by atoms with Crippen molar-refractivity contribution in [2.45, 2.75) is 15.8 Å². The minimum Gasteiger partial charge on any atom is -0.546 e. The third kappa shape index (κ3) is 6.54. The Morgan fingerprint density at radius 1 is 1.09 bits per heavy atom. The van der Waals surface area contributed by atoms with Crippen LogP contribution in [0.4, 0.5) is 9.93 Å². The van der Waals surface area contributed by atoms with Gasteiger partial charge in [-0.1, -0.05) is 29.2 Å². The number of anilines is 1. The van der Waals surface area contributed by atoms with Gasteiger partial charge in [-0.25, -0.2) is 19.7 Å². The molecule has 12 heteroatoms. The van der Waals surface area contributed by atoms with Crippen LogP contribution in [-0.4, -0.2) is 38.5 Å². The number of rotatable bonds is 9. The van der Waals surface area contributed by atoms with Crippen LogP contribution in [0.25, 0.3) is 11.3 Å². The Labute approximate surface area is 196 Å². The van der Waals surface area contributed by atoms with Gasteiger partial charge in [0.15, 0.2) is 5.13 Å². The Kier molecular flexibility index (Phi) is 7.17. The summed E-state index contributed by atoms with van der Waals surface area (Å²) >= 11 is 2.83. The van der Waals surface area contributed by atoms with Crippen molar-refractivity contribution in [3.8, 4) is 17.0 Å². The van der Waals surface area contributed by atoms with Crippen LogP contribution in [-0.2, 0) is 11.3 Å². The van der Waals surface area contributed by atoms with Crippen LogP contribution < -0.4 is 20.5 Å². The molecule has 0 atom stereocenters. The largest absolute Gasteiger partial charge is 0.546 e. The van der Waals surface area contributed by atoms with Gasteiger partial charge in [0, 0.05) is 6.20 Å². The third-order valence-electron chi connectivity index (χ3n) is 4.11. The average molecular weight is 482 g/mol. The maximum Gasteiger partial charge on any atom is 0.321 e. The molecular weight excluding hydrogens is 464 g/mol. The number of carboxylic acid groups (broad SMARTS) is 1. The molecule has 0 aliphatic carbocycles. The summed E-state index contributed by atoms with van der Waals surface area (Å²) < 4.78 is 5.97. The highest BCUT2D eigenvalue weighted by molar-refractivity contribution is 8.01. The normalized spacial score (nSPS) is 10.5. The number of aromatic nitrogens is 4. The molecule has 0 radical (unpaired) electrons. The minimum atomic E-state index is -1.28. The van der Waals surface area contributed by atoms with Gasteiger partial charge in [0.2, 0.25) is 0 Å². The summed E-state index contributed by atoms with van der Waals surface area (Å²) in [5.74, 6) is -0.291. The van der Waals surface area contributed by atoms with Gasteiger partial charge >= 0.3 is 6.03 Å². The van der Waals surface area contributed by atoms with Crippen LogP contribution in [0.2, 0.25) is 0 Å². The Balaban J connectivity index is 1.26. The predicted molar refractivity (Wildman–Crippen MR) is 121 cm³/mol. The lowest BCUT2D eigenvalue weighted by Gasteiger charge is -2.07. The van der Waals surface area contributed by atoms with E-state index in [0.717, 1.165) is 20.5 Å². The quantitative estimate of drug-likeness (QED) is 0.331. The maximum absolute atomic E-state index is 12.2. The summed E-state index contributed by atoms with van der Waals surface area (Å²) in [6, 6.07) is 12.1. The number of carboxylic acids is 1. The highest BCUT2D eigenvalue weighted by Gasteiger charge is 2.10. The number of imidazole rings is 1. The monoisotopic (exact) mass is 481 g/mol. The zero-order valence-corrected chi connectivity index (χ0v) is 18.6. The van der Waals surface area contributed by atoms with Gasteiger partial charge in [-0.3, -0.25) is 5.32 Å². The predicted octanol–water partition coefficient (Wildman–Crippen LogP) is 2.53. The molecule has 4 aromatic rings. The van der Waals surface area contributed by atoms with Gasteiger partial charge in [-0.05, 0) is 42.0 Å². The highest BCUT2D eigenvalue weighted by atomic mass is 32.2. The highest BCUT2D eigenvalue weighted by Crippen LogP contribution is 2.32. The first kappa shape index (κ1) is 22.3. The fourth-order valence-electron chi connectivity index (χ4n) is 2.65. The average Bonchev–Trinajstić information content (AvgIpc) is 3.47. The second-order valence-electron chi connectivity index (χ2n) is 6.49. The summed E-state index contributed by atoms with van der Waals surface area (Å²) in [6.07, 6.45) is 5.06. The Hall–Kier alpha value is -3.90. The SMILES string of the molecule is O=C([O-])COc1ccc(-c2cnc(CNC(=O)Nc3ncc(Sc4ccccn4)s3)[nH]2)cc1. The molecule has 3 aromatic heterocycles. The molecule has 0 saturated heterocycles. The van der Waals surface area contributed by atoms with E-state index in [2.05, 4.69) is 30.6 Å². The molecule has 0 unspecified atom stereocenters. The van der Waals surface area contributed by atoms with E-state index in [9.17, 15) is 14.7 Å². The smallest absolute Gasteiger partial charge is 0.321 e. The standard InChI is InChI=1S/C21H18N6O4S2/c28-18(29)12-31-14-6-4-13(5-7-14)15-9-23-16(26-15)10-24-20(30)27-21-25-11-19(33-21)32-17-3-1-2-8-22-17/h1-9,11H,10,12H2,(H,23,26)(H,28,29)(H2,24,25,27,30)/p-1. The van der Waals surface area contributed by atoms with Crippen LogP contribution in [0.1, 0.15) is 5.82 Å². The zero-order chi connectivity index (χ0) is 23.0. The first-order valence-corrected chi connectivity index (χ1v) is 11.2. The minimum absolute atomic E-state index is 0.194. The Bertz CT molecular complexity index is 1230. The molecule has 0 spiro atoms. The number of hydrogen-bond donors (Lipinski definition) is 3. The molecule has 0 bridgehead atoms. The number of hydrogen-bond acceptors (Lipinski definition) is 9. The van der Waals surface area contributed by atoms with Crippen molar-refractivity contribution < 1.29 is 19.4 Å². The number of carbonyl (C=O) groups is 2. The molecule has 0 saturated carbocycles. The summed E-state index contributed by atoms with van der Waals surface area (Å²) in [7, 11) is 0. The van der Waals surface area contributed by atoms with Gasteiger partial charge in [0.25, 0.3) is 0 Å². The molecule has 3 heterocycles. The fraction of sp³-hybridized carbons (Fsp3) is 0.0952. The van der Waals surface area contributed by atoms with Gasteiger partial charge in [-0.15, -0.1) is 0 Å². The van der Waals surface area contributed by atoms with E-state index in [1.54, 1.807) is 42.9 Å². The second-order valence-corrected chi connectivity index (χ2v) is 8.84. The first-order chi connectivity index (χ1) is 16.0. The molecule has 168 valence electrons. The molecule has 4 rings (SSSR count). The van der Waals surface area contributed by atoms with Crippen molar-refractivity contribution in [2.75, 3.05) is 11.9 Å². The number of thiazole rings is 1. The second kappa shape index (κ2) is 10.6. The van der Waals surface area contributed by atoms with E-state index in [1.807, 2.05) is 18.2 Å². The van der Waals surface area contributed by atoms with Gasteiger partial charge in [-0.2, -0.15) is 0 Å². The van der Waals surface area contributed by atoms with Crippen LogP contribution in [0.15, 0.2) is 70.3 Å². The van der Waals surface area contributed by atoms with E-state index in [0.29, 0.717) is 16.7 Å². The summed E-state index contributed by atoms with van der Waals surface area (Å²) in [4.78, 5) is 38.5. The first-order valence-electron chi connectivity index (χ1n) is 9.62. The number of nitrogens with one attached hydrogen (secondary N) is 3. The van der Waals surface area contributed by atoms with Crippen LogP contribution in [0.3, 0.4) is 0 Å². The Morgan fingerprint density at radius 2 is 1.94 bits per heavy atom. The number of aromatic amines is 1. The summed E-state index contributed by atoms with van der Waals surface area (Å²) in [5.41, 5.74) is 1.58. The lowest BCUT2D eigenvalue weighted by molar-refractivity contribution is -0.307. The number of ether oxygens (including phenoxy) is 1. The summed E-state index contributed by atoms with van der Waals surface area (Å²) in [5, 5.41) is 17.2. The maximum atomic E-state index is 12.2. The molecule has 0 aliphatic rings. The molecule has 0 fully saturated rings. The van der Waals surface area contributed by atoms with Crippen molar-refractivity contribution in [1.29, 1.82) is 0 Å². The van der Waals surface area contributed by atoms with Crippen LogP contribution >= 0.6 is 23.1 Å². The molecular formula is C21H17N6O4S2-. The van der Waals surface area contributed by atoms with E-state index >= 15 is 0 Å². The number of urea groups is 1. The number of aliphatic carboxylic acids is 1. The van der Waals surface area contributed by atoms with Crippen molar-refractivity contribution in [3.05, 3.63) is 66.9 Å². The molecule has 1 aromatic carbocycles. The van der Waals surface area contributed by atoms with E-state index in [-0.39, 0.29) is 6.54 Å². The number of nitrogens with zero attached hydrogens (tertiary/aromatic N) is 3. The lowest BCUT2D eigenvalue weighted by Crippen LogP contribution is -2.28. The number of carbonyl (C=O) groups excluding carboxylic acids is 2. The van der Waals surface area contributed by atoms with Crippen LogP contribution in [0.5, 0.6) is 5.75 Å². The third-order valence-corrected chi connectivity index (χ3v) is 6.08. The molecule has 33 heavy (non-hydrogen) atoms. The Morgan fingerprint density at radius 3 is 2.70 bits per heavy atom. The van der Waals surface area contributed by atoms with E-state index < -0.39 is 18.6 Å². The number of amides is 2. The van der Waals surface area contributed by atoms with E-state index in [4.69, 9.17) is 4.74 Å². The number of benzene rings is 1. The topological polar surface area (TPSA) is 145 Å². The van der Waals surface area contributed by atoms with Crippen LogP contribution in [0, 0.1) is 0 Å². The van der Waals surface area contributed by atoms with E-state index in [1.165, 1.54) is 23.1 Å². The van der Waals surface area contributed by atoms with Crippen molar-refractivity contribution in [2.24, 2.45) is 0 Å². The summed E-state index contributed by atoms with van der Waals surface area (Å²) in [6.45, 7) is -0.313. The molecule has 2 amide bonds. The van der Waals surface area contributed by atoms with Gasteiger partial charge in [0.05, 0.1) is 34.8 Å². The fourth-order valence-corrected chi connectivity index (χ4v) is 4.43. The van der Waals surface area contributed by atoms with Crippen molar-refractivity contribution in [1.82, 2.24) is 25.3 Å². The lowest BCUT2D eigenvalue weighted by atomic mass is 10.2. The zero-order valence-electron chi connectivity index (χ0n) is 17.0. The molecule has 10 nitrogen and oxygen atoms in total.